The second kappa shape index (κ2) is 7.35. The standard InChI is InChI=1S/C17H22F2N2O4/c1-17(2,3)25-16(24)21-13-7-20-14(23)6-10(13)15-11(18)4-9(8-22)5-12(15)19/h4-5,10,13,22H,6-8H2,1-3H3,(H,20,23)(H,21,24)/t10?,13-/m0/s1. The Morgan fingerprint density at radius 2 is 1.96 bits per heavy atom. The van der Waals surface area contributed by atoms with Gasteiger partial charge >= 0.3 is 6.09 Å². The Morgan fingerprint density at radius 1 is 1.36 bits per heavy atom. The second-order valence-electron chi connectivity index (χ2n) is 7.00. The third kappa shape index (κ3) is 4.88. The van der Waals surface area contributed by atoms with Gasteiger partial charge in [-0.15, -0.1) is 0 Å². The topological polar surface area (TPSA) is 87.7 Å². The Balaban J connectivity index is 2.28. The maximum atomic E-state index is 14.4. The molecule has 8 heteroatoms. The second-order valence-corrected chi connectivity index (χ2v) is 7.00. The van der Waals surface area contributed by atoms with Crippen LogP contribution in [0.1, 0.15) is 44.2 Å². The van der Waals surface area contributed by atoms with E-state index in [1.165, 1.54) is 0 Å². The molecule has 2 rings (SSSR count). The van der Waals surface area contributed by atoms with Gasteiger partial charge in [0.05, 0.1) is 12.6 Å². The van der Waals surface area contributed by atoms with Crippen LogP contribution in [0.2, 0.25) is 0 Å². The van der Waals surface area contributed by atoms with Crippen molar-refractivity contribution in [2.45, 2.75) is 51.4 Å². The minimum atomic E-state index is -0.881. The predicted molar refractivity (Wildman–Crippen MR) is 85.8 cm³/mol. The Hall–Kier alpha value is -2.22. The largest absolute Gasteiger partial charge is 0.444 e. The van der Waals surface area contributed by atoms with Gasteiger partial charge in [-0.1, -0.05) is 0 Å². The summed E-state index contributed by atoms with van der Waals surface area (Å²) in [5.74, 6) is -2.97. The Morgan fingerprint density at radius 3 is 2.48 bits per heavy atom. The zero-order valence-electron chi connectivity index (χ0n) is 14.4. The third-order valence-electron chi connectivity index (χ3n) is 3.80. The van der Waals surface area contributed by atoms with Gasteiger partial charge in [-0.05, 0) is 38.5 Å². The highest BCUT2D eigenvalue weighted by atomic mass is 19.1. The lowest BCUT2D eigenvalue weighted by Crippen LogP contribution is -2.53. The zero-order chi connectivity index (χ0) is 18.8. The molecular formula is C17H22F2N2O4. The van der Waals surface area contributed by atoms with Crippen LogP contribution in [0, 0.1) is 11.6 Å². The third-order valence-corrected chi connectivity index (χ3v) is 3.80. The Kier molecular flexibility index (Phi) is 5.62. The van der Waals surface area contributed by atoms with E-state index in [-0.39, 0.29) is 30.0 Å². The molecule has 0 aliphatic carbocycles. The van der Waals surface area contributed by atoms with Crippen LogP contribution in [-0.2, 0) is 16.1 Å². The summed E-state index contributed by atoms with van der Waals surface area (Å²) in [5.41, 5.74) is -0.916. The quantitative estimate of drug-likeness (QED) is 0.773. The van der Waals surface area contributed by atoms with E-state index >= 15 is 0 Å². The maximum Gasteiger partial charge on any atom is 0.407 e. The minimum absolute atomic E-state index is 0.0311. The fourth-order valence-electron chi connectivity index (χ4n) is 2.78. The number of rotatable bonds is 3. The van der Waals surface area contributed by atoms with Crippen molar-refractivity contribution >= 4 is 12.0 Å². The molecule has 1 heterocycles. The van der Waals surface area contributed by atoms with Crippen molar-refractivity contribution < 1.29 is 28.2 Å². The van der Waals surface area contributed by atoms with E-state index in [1.807, 2.05) is 0 Å². The van der Waals surface area contributed by atoms with Crippen LogP contribution in [0.25, 0.3) is 0 Å². The summed E-state index contributed by atoms with van der Waals surface area (Å²) in [6, 6.07) is 1.32. The highest BCUT2D eigenvalue weighted by molar-refractivity contribution is 5.79. The average molecular weight is 356 g/mol. The van der Waals surface area contributed by atoms with E-state index < -0.39 is 41.9 Å². The van der Waals surface area contributed by atoms with Crippen molar-refractivity contribution in [2.24, 2.45) is 0 Å². The van der Waals surface area contributed by atoms with Gasteiger partial charge in [0.1, 0.15) is 17.2 Å². The van der Waals surface area contributed by atoms with Crippen molar-refractivity contribution in [3.8, 4) is 0 Å². The van der Waals surface area contributed by atoms with Gasteiger partial charge in [0.15, 0.2) is 0 Å². The molecule has 1 unspecified atom stereocenters. The summed E-state index contributed by atoms with van der Waals surface area (Å²) in [6.45, 7) is 4.61. The Labute approximate surface area is 144 Å². The van der Waals surface area contributed by atoms with Gasteiger partial charge in [-0.2, -0.15) is 0 Å². The zero-order valence-corrected chi connectivity index (χ0v) is 14.4. The normalized spacial score (nSPS) is 20.8. The molecule has 1 aromatic carbocycles. The lowest BCUT2D eigenvalue weighted by Gasteiger charge is -2.33. The number of aliphatic hydroxyl groups excluding tert-OH is 1. The summed E-state index contributed by atoms with van der Waals surface area (Å²) in [4.78, 5) is 23.7. The van der Waals surface area contributed by atoms with Gasteiger partial charge in [0.2, 0.25) is 5.91 Å². The number of nitrogens with one attached hydrogen (secondary N) is 2. The van der Waals surface area contributed by atoms with Crippen LogP contribution in [-0.4, -0.2) is 35.3 Å². The molecule has 0 bridgehead atoms. The first-order valence-corrected chi connectivity index (χ1v) is 7.95. The molecule has 138 valence electrons. The van der Waals surface area contributed by atoms with Crippen molar-refractivity contribution in [1.29, 1.82) is 0 Å². The van der Waals surface area contributed by atoms with E-state index in [1.54, 1.807) is 20.8 Å². The first kappa shape index (κ1) is 19.1. The lowest BCUT2D eigenvalue weighted by atomic mass is 9.84. The number of carbonyl (C=O) groups is 2. The maximum absolute atomic E-state index is 14.4. The van der Waals surface area contributed by atoms with Crippen LogP contribution in [0.5, 0.6) is 0 Å². The first-order valence-electron chi connectivity index (χ1n) is 7.95. The van der Waals surface area contributed by atoms with Gasteiger partial charge in [-0.3, -0.25) is 4.79 Å². The van der Waals surface area contributed by atoms with E-state index in [4.69, 9.17) is 9.84 Å². The number of carbonyl (C=O) groups excluding carboxylic acids is 2. The van der Waals surface area contributed by atoms with Crippen LogP contribution < -0.4 is 10.6 Å². The summed E-state index contributed by atoms with van der Waals surface area (Å²) >= 11 is 0. The van der Waals surface area contributed by atoms with E-state index in [0.717, 1.165) is 12.1 Å². The van der Waals surface area contributed by atoms with Crippen LogP contribution in [0.4, 0.5) is 13.6 Å². The van der Waals surface area contributed by atoms with E-state index in [2.05, 4.69) is 10.6 Å². The molecule has 2 atom stereocenters. The molecular weight excluding hydrogens is 334 g/mol. The number of halogens is 2. The minimum Gasteiger partial charge on any atom is -0.444 e. The lowest BCUT2D eigenvalue weighted by molar-refractivity contribution is -0.123. The first-order chi connectivity index (χ1) is 11.6. The SMILES string of the molecule is CC(C)(C)OC(=O)N[C@H]1CNC(=O)CC1c1c(F)cc(CO)cc1F. The van der Waals surface area contributed by atoms with Crippen molar-refractivity contribution in [2.75, 3.05) is 6.54 Å². The fourth-order valence-corrected chi connectivity index (χ4v) is 2.78. The molecule has 1 saturated heterocycles. The molecule has 25 heavy (non-hydrogen) atoms. The van der Waals surface area contributed by atoms with Crippen molar-refractivity contribution in [1.82, 2.24) is 10.6 Å². The smallest absolute Gasteiger partial charge is 0.407 e. The number of benzene rings is 1. The van der Waals surface area contributed by atoms with Crippen molar-refractivity contribution in [3.63, 3.8) is 0 Å². The molecule has 2 amide bonds. The summed E-state index contributed by atoms with van der Waals surface area (Å²) in [7, 11) is 0. The summed E-state index contributed by atoms with van der Waals surface area (Å²) < 4.78 is 33.9. The molecule has 3 N–H and O–H groups in total. The average Bonchev–Trinajstić information content (AvgIpc) is 2.47. The molecule has 0 saturated carbocycles. The molecule has 1 fully saturated rings. The predicted octanol–water partition coefficient (Wildman–Crippen LogP) is 1.95. The molecule has 0 radical (unpaired) electrons. The van der Waals surface area contributed by atoms with Gasteiger partial charge in [-0.25, -0.2) is 13.6 Å². The van der Waals surface area contributed by atoms with E-state index in [0.29, 0.717) is 0 Å². The van der Waals surface area contributed by atoms with Crippen LogP contribution in [0.3, 0.4) is 0 Å². The monoisotopic (exact) mass is 356 g/mol. The molecule has 1 aliphatic rings. The van der Waals surface area contributed by atoms with E-state index in [9.17, 15) is 18.4 Å². The van der Waals surface area contributed by atoms with Gasteiger partial charge < -0.3 is 20.5 Å². The number of aliphatic hydroxyl groups is 1. The van der Waals surface area contributed by atoms with Crippen molar-refractivity contribution in [3.05, 3.63) is 34.9 Å². The number of alkyl carbamates (subject to hydrolysis) is 1. The summed E-state index contributed by atoms with van der Waals surface area (Å²) in [5, 5.41) is 14.2. The Bertz CT molecular complexity index is 650. The highest BCUT2D eigenvalue weighted by Gasteiger charge is 2.36. The number of hydrogen-bond acceptors (Lipinski definition) is 4. The molecule has 0 spiro atoms. The number of hydrogen-bond donors (Lipinski definition) is 3. The number of amides is 2. The van der Waals surface area contributed by atoms with Crippen LogP contribution in [0.15, 0.2) is 12.1 Å². The number of piperidine rings is 1. The van der Waals surface area contributed by atoms with Gasteiger partial charge in [0.25, 0.3) is 0 Å². The highest BCUT2D eigenvalue weighted by Crippen LogP contribution is 2.31. The summed E-state index contributed by atoms with van der Waals surface area (Å²) in [6.07, 6.45) is -0.904. The molecule has 1 aliphatic heterocycles. The molecule has 6 nitrogen and oxygen atoms in total. The molecule has 1 aromatic rings. The van der Waals surface area contributed by atoms with Crippen LogP contribution >= 0.6 is 0 Å². The molecule has 0 aromatic heterocycles. The van der Waals surface area contributed by atoms with Gasteiger partial charge in [0, 0.05) is 24.4 Å². The number of ether oxygens (including phenoxy) is 1. The fraction of sp³-hybridized carbons (Fsp3) is 0.529.